The van der Waals surface area contributed by atoms with Crippen LogP contribution in [0.3, 0.4) is 0 Å². The molecule has 4 heteroatoms. The van der Waals surface area contributed by atoms with E-state index in [9.17, 15) is 4.79 Å². The third kappa shape index (κ3) is 2.64. The van der Waals surface area contributed by atoms with Gasteiger partial charge in [0, 0.05) is 18.7 Å². The van der Waals surface area contributed by atoms with Gasteiger partial charge < -0.3 is 15.4 Å². The molecule has 1 heterocycles. The number of anilines is 1. The highest BCUT2D eigenvalue weighted by molar-refractivity contribution is 5.94. The Balaban J connectivity index is 2.19. The van der Waals surface area contributed by atoms with E-state index in [4.69, 9.17) is 10.5 Å². The van der Waals surface area contributed by atoms with Crippen LogP contribution in [0.15, 0.2) is 18.2 Å². The van der Waals surface area contributed by atoms with Crippen LogP contribution in [0, 0.1) is 0 Å². The maximum atomic E-state index is 12.1. The second-order valence-electron chi connectivity index (χ2n) is 4.54. The highest BCUT2D eigenvalue weighted by Gasteiger charge is 2.22. The Morgan fingerprint density at radius 3 is 3.06 bits per heavy atom. The Labute approximate surface area is 108 Å². The van der Waals surface area contributed by atoms with E-state index in [1.807, 2.05) is 23.1 Å². The Kier molecular flexibility index (Phi) is 4.20. The first-order valence-electron chi connectivity index (χ1n) is 6.43. The van der Waals surface area contributed by atoms with E-state index in [2.05, 4.69) is 0 Å². The zero-order chi connectivity index (χ0) is 13.0. The summed E-state index contributed by atoms with van der Waals surface area (Å²) in [6, 6.07) is 5.92. The zero-order valence-corrected chi connectivity index (χ0v) is 10.8. The summed E-state index contributed by atoms with van der Waals surface area (Å²) in [4.78, 5) is 14.0. The number of benzene rings is 1. The minimum atomic E-state index is 0.173. The summed E-state index contributed by atoms with van der Waals surface area (Å²) in [6.45, 7) is 1.37. The van der Waals surface area contributed by atoms with Gasteiger partial charge in [-0.25, -0.2) is 0 Å². The first kappa shape index (κ1) is 12.9. The van der Waals surface area contributed by atoms with Gasteiger partial charge in [0.15, 0.2) is 0 Å². The van der Waals surface area contributed by atoms with Crippen molar-refractivity contribution in [3.63, 3.8) is 0 Å². The molecule has 1 amide bonds. The molecule has 0 aliphatic carbocycles. The third-order valence-corrected chi connectivity index (χ3v) is 3.30. The van der Waals surface area contributed by atoms with E-state index in [-0.39, 0.29) is 5.91 Å². The van der Waals surface area contributed by atoms with Gasteiger partial charge in [-0.3, -0.25) is 4.79 Å². The third-order valence-electron chi connectivity index (χ3n) is 3.30. The fraction of sp³-hybridized carbons (Fsp3) is 0.500. The first-order chi connectivity index (χ1) is 8.76. The van der Waals surface area contributed by atoms with Gasteiger partial charge in [-0.1, -0.05) is 0 Å². The van der Waals surface area contributed by atoms with Crippen LogP contribution < -0.4 is 15.4 Å². The SMILES string of the molecule is COc1ccc2c(c1)CCCN2C(=O)CCCN. The standard InChI is InChI=1S/C14H20N2O2/c1-18-12-6-7-13-11(10-12)4-3-9-16(13)14(17)5-2-8-15/h6-7,10H,2-5,8-9,15H2,1H3. The Morgan fingerprint density at radius 1 is 1.50 bits per heavy atom. The molecule has 1 aromatic rings. The molecule has 98 valence electrons. The number of carbonyl (C=O) groups excluding carboxylic acids is 1. The van der Waals surface area contributed by atoms with Gasteiger partial charge in [-0.2, -0.15) is 0 Å². The molecular formula is C14H20N2O2. The van der Waals surface area contributed by atoms with Crippen molar-refractivity contribution in [3.05, 3.63) is 23.8 Å². The second-order valence-corrected chi connectivity index (χ2v) is 4.54. The van der Waals surface area contributed by atoms with Gasteiger partial charge in [0.2, 0.25) is 5.91 Å². The number of fused-ring (bicyclic) bond motifs is 1. The number of ether oxygens (including phenoxy) is 1. The molecule has 0 saturated carbocycles. The molecule has 1 aromatic carbocycles. The lowest BCUT2D eigenvalue weighted by Crippen LogP contribution is -2.35. The molecule has 4 nitrogen and oxygen atoms in total. The molecule has 18 heavy (non-hydrogen) atoms. The maximum absolute atomic E-state index is 12.1. The fourth-order valence-corrected chi connectivity index (χ4v) is 2.35. The van der Waals surface area contributed by atoms with Crippen LogP contribution in [0.1, 0.15) is 24.8 Å². The average molecular weight is 248 g/mol. The second kappa shape index (κ2) is 5.87. The smallest absolute Gasteiger partial charge is 0.227 e. The van der Waals surface area contributed by atoms with Crippen molar-refractivity contribution >= 4 is 11.6 Å². The van der Waals surface area contributed by atoms with Crippen molar-refractivity contribution < 1.29 is 9.53 Å². The maximum Gasteiger partial charge on any atom is 0.227 e. The van der Waals surface area contributed by atoms with Gasteiger partial charge in [-0.15, -0.1) is 0 Å². The molecule has 1 aliphatic heterocycles. The van der Waals surface area contributed by atoms with Crippen LogP contribution >= 0.6 is 0 Å². The summed E-state index contributed by atoms with van der Waals surface area (Å²) in [7, 11) is 1.66. The fourth-order valence-electron chi connectivity index (χ4n) is 2.35. The molecule has 0 bridgehead atoms. The predicted octanol–water partition coefficient (Wildman–Crippen LogP) is 1.71. The van der Waals surface area contributed by atoms with E-state index in [0.717, 1.165) is 37.2 Å². The number of carbonyl (C=O) groups is 1. The number of nitrogens with zero attached hydrogens (tertiary/aromatic N) is 1. The molecule has 0 aromatic heterocycles. The summed E-state index contributed by atoms with van der Waals surface area (Å²) >= 11 is 0. The van der Waals surface area contributed by atoms with Crippen molar-refractivity contribution in [1.29, 1.82) is 0 Å². The van der Waals surface area contributed by atoms with Gasteiger partial charge in [0.05, 0.1) is 7.11 Å². The molecule has 2 N–H and O–H groups in total. The highest BCUT2D eigenvalue weighted by atomic mass is 16.5. The Morgan fingerprint density at radius 2 is 2.33 bits per heavy atom. The summed E-state index contributed by atoms with van der Waals surface area (Å²) in [5.74, 6) is 1.02. The van der Waals surface area contributed by atoms with E-state index in [0.29, 0.717) is 13.0 Å². The number of aryl methyl sites for hydroxylation is 1. The topological polar surface area (TPSA) is 55.6 Å². The Hall–Kier alpha value is -1.55. The largest absolute Gasteiger partial charge is 0.497 e. The normalized spacial score (nSPS) is 14.2. The summed E-state index contributed by atoms with van der Waals surface area (Å²) in [5, 5.41) is 0. The average Bonchev–Trinajstić information content (AvgIpc) is 2.43. The van der Waals surface area contributed by atoms with Crippen molar-refractivity contribution in [2.24, 2.45) is 5.73 Å². The number of amides is 1. The lowest BCUT2D eigenvalue weighted by molar-refractivity contribution is -0.118. The molecular weight excluding hydrogens is 228 g/mol. The molecule has 2 rings (SSSR count). The molecule has 0 radical (unpaired) electrons. The van der Waals surface area contributed by atoms with Gasteiger partial charge in [0.1, 0.15) is 5.75 Å². The minimum Gasteiger partial charge on any atom is -0.497 e. The van der Waals surface area contributed by atoms with Gasteiger partial charge in [-0.05, 0) is 49.6 Å². The first-order valence-corrected chi connectivity index (χ1v) is 6.43. The van der Waals surface area contributed by atoms with E-state index in [1.54, 1.807) is 7.11 Å². The zero-order valence-electron chi connectivity index (χ0n) is 10.8. The van der Waals surface area contributed by atoms with Crippen LogP contribution in [0.4, 0.5) is 5.69 Å². The quantitative estimate of drug-likeness (QED) is 0.882. The molecule has 0 spiro atoms. The van der Waals surface area contributed by atoms with Gasteiger partial charge >= 0.3 is 0 Å². The number of hydrogen-bond acceptors (Lipinski definition) is 3. The van der Waals surface area contributed by atoms with Crippen molar-refractivity contribution in [3.8, 4) is 5.75 Å². The molecule has 0 fully saturated rings. The summed E-state index contributed by atoms with van der Waals surface area (Å²) in [5.41, 5.74) is 7.68. The molecule has 0 atom stereocenters. The van der Waals surface area contributed by atoms with Crippen molar-refractivity contribution in [2.75, 3.05) is 25.1 Å². The lowest BCUT2D eigenvalue weighted by Gasteiger charge is -2.29. The predicted molar refractivity (Wildman–Crippen MR) is 72.0 cm³/mol. The number of rotatable bonds is 4. The Bertz CT molecular complexity index is 432. The number of hydrogen-bond donors (Lipinski definition) is 1. The van der Waals surface area contributed by atoms with Crippen LogP contribution in [0.5, 0.6) is 5.75 Å². The van der Waals surface area contributed by atoms with Crippen LogP contribution in [-0.4, -0.2) is 26.1 Å². The summed E-state index contributed by atoms with van der Waals surface area (Å²) < 4.78 is 5.22. The van der Waals surface area contributed by atoms with Crippen molar-refractivity contribution in [1.82, 2.24) is 0 Å². The van der Waals surface area contributed by atoms with Crippen molar-refractivity contribution in [2.45, 2.75) is 25.7 Å². The monoisotopic (exact) mass is 248 g/mol. The summed E-state index contributed by atoms with van der Waals surface area (Å²) in [6.07, 6.45) is 3.30. The minimum absolute atomic E-state index is 0.173. The highest BCUT2D eigenvalue weighted by Crippen LogP contribution is 2.30. The van der Waals surface area contributed by atoms with Crippen LogP contribution in [0.25, 0.3) is 0 Å². The van der Waals surface area contributed by atoms with E-state index < -0.39 is 0 Å². The van der Waals surface area contributed by atoms with Crippen LogP contribution in [-0.2, 0) is 11.2 Å². The molecule has 0 saturated heterocycles. The van der Waals surface area contributed by atoms with Crippen LogP contribution in [0.2, 0.25) is 0 Å². The molecule has 0 unspecified atom stereocenters. The number of nitrogens with two attached hydrogens (primary N) is 1. The lowest BCUT2D eigenvalue weighted by atomic mass is 10.0. The van der Waals surface area contributed by atoms with E-state index in [1.165, 1.54) is 5.56 Å². The molecule has 1 aliphatic rings. The van der Waals surface area contributed by atoms with Gasteiger partial charge in [0.25, 0.3) is 0 Å². The number of methoxy groups -OCH3 is 1. The van der Waals surface area contributed by atoms with E-state index >= 15 is 0 Å².